The quantitative estimate of drug-likeness (QED) is 0.638. The topological polar surface area (TPSA) is 58.2 Å². The molecule has 0 spiro atoms. The first kappa shape index (κ1) is 8.96. The molecule has 0 saturated heterocycles. The van der Waals surface area contributed by atoms with Gasteiger partial charge < -0.3 is 0 Å². The number of rotatable bonds is 3. The SMILES string of the molecule is CNS(=O)(=O)NC1CCCC1. The van der Waals surface area contributed by atoms with E-state index in [1.165, 1.54) is 7.05 Å². The second-order valence-corrected chi connectivity index (χ2v) is 4.46. The van der Waals surface area contributed by atoms with Crippen molar-refractivity contribution in [1.29, 1.82) is 0 Å². The minimum Gasteiger partial charge on any atom is -0.205 e. The molecule has 66 valence electrons. The predicted molar refractivity (Wildman–Crippen MR) is 43.4 cm³/mol. The lowest BCUT2D eigenvalue weighted by Crippen LogP contribution is -2.39. The maximum Gasteiger partial charge on any atom is 0.276 e. The molecular weight excluding hydrogens is 164 g/mol. The largest absolute Gasteiger partial charge is 0.276 e. The highest BCUT2D eigenvalue weighted by molar-refractivity contribution is 7.87. The van der Waals surface area contributed by atoms with Gasteiger partial charge in [-0.1, -0.05) is 12.8 Å². The van der Waals surface area contributed by atoms with Crippen LogP contribution in [-0.4, -0.2) is 21.5 Å². The summed E-state index contributed by atoms with van der Waals surface area (Å²) in [6.07, 6.45) is 4.22. The zero-order valence-corrected chi connectivity index (χ0v) is 7.45. The fourth-order valence-electron chi connectivity index (χ4n) is 1.32. The van der Waals surface area contributed by atoms with Crippen molar-refractivity contribution in [2.45, 2.75) is 31.7 Å². The van der Waals surface area contributed by atoms with Crippen LogP contribution >= 0.6 is 0 Å². The van der Waals surface area contributed by atoms with Gasteiger partial charge in [-0.15, -0.1) is 0 Å². The Bertz CT molecular complexity index is 207. The lowest BCUT2D eigenvalue weighted by molar-refractivity contribution is 0.544. The fourth-order valence-corrected chi connectivity index (χ4v) is 2.11. The van der Waals surface area contributed by atoms with Crippen LogP contribution in [0.1, 0.15) is 25.7 Å². The van der Waals surface area contributed by atoms with Crippen LogP contribution in [0.25, 0.3) is 0 Å². The lowest BCUT2D eigenvalue weighted by Gasteiger charge is -2.10. The number of nitrogens with one attached hydrogen (secondary N) is 2. The third kappa shape index (κ3) is 2.76. The third-order valence-electron chi connectivity index (χ3n) is 1.95. The van der Waals surface area contributed by atoms with Gasteiger partial charge in [0.05, 0.1) is 0 Å². The molecule has 0 unspecified atom stereocenters. The van der Waals surface area contributed by atoms with Gasteiger partial charge in [0.25, 0.3) is 10.2 Å². The number of hydrogen-bond donors (Lipinski definition) is 2. The minimum absolute atomic E-state index is 0.160. The lowest BCUT2D eigenvalue weighted by atomic mass is 10.3. The first-order chi connectivity index (χ1) is 5.14. The fraction of sp³-hybridized carbons (Fsp3) is 1.00. The van der Waals surface area contributed by atoms with Crippen LogP contribution < -0.4 is 9.44 Å². The molecule has 4 nitrogen and oxygen atoms in total. The highest BCUT2D eigenvalue weighted by atomic mass is 32.2. The molecule has 1 aliphatic rings. The van der Waals surface area contributed by atoms with E-state index in [-0.39, 0.29) is 6.04 Å². The number of hydrogen-bond acceptors (Lipinski definition) is 2. The van der Waals surface area contributed by atoms with Crippen LogP contribution in [0.3, 0.4) is 0 Å². The van der Waals surface area contributed by atoms with Crippen LogP contribution in [0.2, 0.25) is 0 Å². The summed E-state index contributed by atoms with van der Waals surface area (Å²) in [4.78, 5) is 0. The van der Waals surface area contributed by atoms with Gasteiger partial charge in [0, 0.05) is 13.1 Å². The molecule has 0 heterocycles. The van der Waals surface area contributed by atoms with Gasteiger partial charge in [-0.2, -0.15) is 13.1 Å². The summed E-state index contributed by atoms with van der Waals surface area (Å²) in [6, 6.07) is 0.160. The van der Waals surface area contributed by atoms with Crippen molar-refractivity contribution >= 4 is 10.2 Å². The standard InChI is InChI=1S/C6H14N2O2S/c1-7-11(9,10)8-6-4-2-3-5-6/h6-8H,2-5H2,1H3. The highest BCUT2D eigenvalue weighted by Crippen LogP contribution is 2.17. The van der Waals surface area contributed by atoms with Gasteiger partial charge in [-0.3, -0.25) is 0 Å². The van der Waals surface area contributed by atoms with Crippen LogP contribution in [0, 0.1) is 0 Å². The molecule has 0 aromatic carbocycles. The summed E-state index contributed by atoms with van der Waals surface area (Å²) in [5.74, 6) is 0. The van der Waals surface area contributed by atoms with Gasteiger partial charge in [-0.05, 0) is 12.8 Å². The van der Waals surface area contributed by atoms with E-state index in [9.17, 15) is 8.42 Å². The zero-order chi connectivity index (χ0) is 8.32. The Kier molecular flexibility index (Phi) is 2.86. The molecule has 0 bridgehead atoms. The summed E-state index contributed by atoms with van der Waals surface area (Å²) in [5.41, 5.74) is 0. The minimum atomic E-state index is -3.20. The van der Waals surface area contributed by atoms with Gasteiger partial charge >= 0.3 is 0 Å². The molecule has 0 aromatic rings. The van der Waals surface area contributed by atoms with Gasteiger partial charge in [0.15, 0.2) is 0 Å². The van der Waals surface area contributed by atoms with E-state index >= 15 is 0 Å². The van der Waals surface area contributed by atoms with Crippen LogP contribution in [0.15, 0.2) is 0 Å². The van der Waals surface area contributed by atoms with Gasteiger partial charge in [0.2, 0.25) is 0 Å². The Labute approximate surface area is 67.6 Å². The molecular formula is C6H14N2O2S. The maximum atomic E-state index is 10.9. The van der Waals surface area contributed by atoms with E-state index in [1.54, 1.807) is 0 Å². The van der Waals surface area contributed by atoms with E-state index in [2.05, 4.69) is 9.44 Å². The summed E-state index contributed by atoms with van der Waals surface area (Å²) in [5, 5.41) is 0. The van der Waals surface area contributed by atoms with E-state index in [4.69, 9.17) is 0 Å². The molecule has 11 heavy (non-hydrogen) atoms. The van der Waals surface area contributed by atoms with E-state index in [1.807, 2.05) is 0 Å². The zero-order valence-electron chi connectivity index (χ0n) is 6.63. The first-order valence-electron chi connectivity index (χ1n) is 3.85. The second-order valence-electron chi connectivity index (χ2n) is 2.81. The maximum absolute atomic E-state index is 10.9. The second kappa shape index (κ2) is 3.51. The van der Waals surface area contributed by atoms with Crippen molar-refractivity contribution < 1.29 is 8.42 Å². The van der Waals surface area contributed by atoms with Crippen LogP contribution in [0.5, 0.6) is 0 Å². The van der Waals surface area contributed by atoms with Crippen molar-refractivity contribution in [2.24, 2.45) is 0 Å². The Morgan fingerprint density at radius 2 is 1.82 bits per heavy atom. The third-order valence-corrected chi connectivity index (χ3v) is 3.13. The molecule has 1 rings (SSSR count). The highest BCUT2D eigenvalue weighted by Gasteiger charge is 2.19. The summed E-state index contributed by atoms with van der Waals surface area (Å²) >= 11 is 0. The summed E-state index contributed by atoms with van der Waals surface area (Å²) in [7, 11) is -1.79. The Hall–Kier alpha value is -0.130. The normalized spacial score (nSPS) is 20.8. The Morgan fingerprint density at radius 3 is 2.27 bits per heavy atom. The molecule has 1 fully saturated rings. The molecule has 1 saturated carbocycles. The first-order valence-corrected chi connectivity index (χ1v) is 5.33. The molecule has 1 aliphatic carbocycles. The van der Waals surface area contributed by atoms with Gasteiger partial charge in [-0.25, -0.2) is 4.72 Å². The van der Waals surface area contributed by atoms with E-state index in [0.29, 0.717) is 0 Å². The Balaban J connectivity index is 2.41. The molecule has 0 atom stereocenters. The van der Waals surface area contributed by atoms with Crippen molar-refractivity contribution in [1.82, 2.24) is 9.44 Å². The van der Waals surface area contributed by atoms with Crippen molar-refractivity contribution in [3.8, 4) is 0 Å². The average Bonchev–Trinajstić information content (AvgIpc) is 2.39. The molecule has 0 amide bonds. The monoisotopic (exact) mass is 178 g/mol. The van der Waals surface area contributed by atoms with Crippen molar-refractivity contribution in [3.05, 3.63) is 0 Å². The molecule has 2 N–H and O–H groups in total. The van der Waals surface area contributed by atoms with Gasteiger partial charge in [0.1, 0.15) is 0 Å². The summed E-state index contributed by atoms with van der Waals surface area (Å²) in [6.45, 7) is 0. The Morgan fingerprint density at radius 1 is 1.27 bits per heavy atom. The van der Waals surface area contributed by atoms with Crippen molar-refractivity contribution in [3.63, 3.8) is 0 Å². The summed E-state index contributed by atoms with van der Waals surface area (Å²) < 4.78 is 26.7. The van der Waals surface area contributed by atoms with Crippen molar-refractivity contribution in [2.75, 3.05) is 7.05 Å². The van der Waals surface area contributed by atoms with E-state index in [0.717, 1.165) is 25.7 Å². The van der Waals surface area contributed by atoms with Crippen LogP contribution in [0.4, 0.5) is 0 Å². The molecule has 5 heteroatoms. The predicted octanol–water partition coefficient (Wildman–Crippen LogP) is -0.0172. The smallest absolute Gasteiger partial charge is 0.205 e. The van der Waals surface area contributed by atoms with Crippen LogP contribution in [-0.2, 0) is 10.2 Å². The average molecular weight is 178 g/mol. The molecule has 0 radical (unpaired) electrons. The van der Waals surface area contributed by atoms with E-state index < -0.39 is 10.2 Å². The molecule has 0 aliphatic heterocycles. The molecule has 0 aromatic heterocycles.